The maximum Gasteiger partial charge on any atom is 0.251 e. The summed E-state index contributed by atoms with van der Waals surface area (Å²) >= 11 is 0. The molecule has 122 valence electrons. The van der Waals surface area contributed by atoms with Gasteiger partial charge in [-0.05, 0) is 29.7 Å². The molecule has 0 aliphatic carbocycles. The minimum absolute atomic E-state index is 0.192. The highest BCUT2D eigenvalue weighted by Crippen LogP contribution is 2.15. The van der Waals surface area contributed by atoms with Gasteiger partial charge in [0.15, 0.2) is 0 Å². The Labute approximate surface area is 136 Å². The van der Waals surface area contributed by atoms with Gasteiger partial charge < -0.3 is 5.32 Å². The zero-order valence-corrected chi connectivity index (χ0v) is 13.9. The number of hydrogen-bond acceptors (Lipinski definition) is 3. The molecule has 1 atom stereocenters. The van der Waals surface area contributed by atoms with Crippen LogP contribution in [-0.4, -0.2) is 27.1 Å². The molecule has 23 heavy (non-hydrogen) atoms. The van der Waals surface area contributed by atoms with E-state index in [1.54, 1.807) is 18.2 Å². The molecule has 2 N–H and O–H groups in total. The number of nitrogens with one attached hydrogen (secondary N) is 2. The molecular weight excluding hydrogens is 312 g/mol. The summed E-state index contributed by atoms with van der Waals surface area (Å²) in [6.45, 7) is 2.55. The van der Waals surface area contributed by atoms with Crippen LogP contribution >= 0.6 is 0 Å². The molecule has 6 heteroatoms. The van der Waals surface area contributed by atoms with Crippen molar-refractivity contribution in [1.82, 2.24) is 5.32 Å². The van der Waals surface area contributed by atoms with Crippen LogP contribution in [0.4, 0.5) is 5.69 Å². The van der Waals surface area contributed by atoms with E-state index in [0.29, 0.717) is 17.8 Å². The van der Waals surface area contributed by atoms with Gasteiger partial charge in [0.25, 0.3) is 5.91 Å². The zero-order chi connectivity index (χ0) is 16.9. The molecule has 0 radical (unpaired) electrons. The highest BCUT2D eigenvalue weighted by Gasteiger charge is 2.10. The van der Waals surface area contributed by atoms with Crippen LogP contribution in [-0.2, 0) is 10.0 Å². The summed E-state index contributed by atoms with van der Waals surface area (Å²) in [7, 11) is -3.36. The van der Waals surface area contributed by atoms with Crippen molar-refractivity contribution in [3.05, 3.63) is 65.7 Å². The summed E-state index contributed by atoms with van der Waals surface area (Å²) in [6.07, 6.45) is 1.07. The van der Waals surface area contributed by atoms with Crippen LogP contribution in [0.15, 0.2) is 54.6 Å². The Bertz CT molecular complexity index is 773. The third-order valence-corrected chi connectivity index (χ3v) is 3.97. The number of benzene rings is 2. The predicted molar refractivity (Wildman–Crippen MR) is 92.1 cm³/mol. The van der Waals surface area contributed by atoms with E-state index in [1.165, 1.54) is 6.07 Å². The van der Waals surface area contributed by atoms with Crippen LogP contribution < -0.4 is 10.0 Å². The highest BCUT2D eigenvalue weighted by molar-refractivity contribution is 7.92. The van der Waals surface area contributed by atoms with E-state index in [2.05, 4.69) is 10.0 Å². The largest absolute Gasteiger partial charge is 0.351 e. The second-order valence-electron chi connectivity index (χ2n) is 5.48. The quantitative estimate of drug-likeness (QED) is 0.854. The number of carbonyl (C=O) groups is 1. The molecule has 0 bridgehead atoms. The van der Waals surface area contributed by atoms with Crippen LogP contribution in [0.25, 0.3) is 0 Å². The Morgan fingerprint density at radius 3 is 2.43 bits per heavy atom. The lowest BCUT2D eigenvalue weighted by Gasteiger charge is -2.13. The second-order valence-corrected chi connectivity index (χ2v) is 7.23. The molecule has 0 heterocycles. The van der Waals surface area contributed by atoms with Gasteiger partial charge >= 0.3 is 0 Å². The SMILES string of the molecule is C[C@H](CNC(=O)c1cccc(NS(C)(=O)=O)c1)c1ccccc1. The molecule has 2 aromatic rings. The van der Waals surface area contributed by atoms with E-state index in [9.17, 15) is 13.2 Å². The fourth-order valence-electron chi connectivity index (χ4n) is 2.19. The maximum atomic E-state index is 12.2. The summed E-state index contributed by atoms with van der Waals surface area (Å²) in [5.41, 5.74) is 1.94. The molecule has 5 nitrogen and oxygen atoms in total. The van der Waals surface area contributed by atoms with Crippen molar-refractivity contribution >= 4 is 21.6 Å². The average Bonchev–Trinajstić information content (AvgIpc) is 2.51. The Morgan fingerprint density at radius 1 is 1.09 bits per heavy atom. The smallest absolute Gasteiger partial charge is 0.251 e. The summed E-state index contributed by atoms with van der Waals surface area (Å²) in [6, 6.07) is 16.3. The minimum Gasteiger partial charge on any atom is -0.351 e. The molecular formula is C17H20N2O3S. The number of amides is 1. The molecule has 0 saturated heterocycles. The number of rotatable bonds is 6. The van der Waals surface area contributed by atoms with Crippen molar-refractivity contribution in [2.24, 2.45) is 0 Å². The van der Waals surface area contributed by atoms with E-state index in [0.717, 1.165) is 11.8 Å². The fraction of sp³-hybridized carbons (Fsp3) is 0.235. The third kappa shape index (κ3) is 5.41. The van der Waals surface area contributed by atoms with Crippen LogP contribution in [0.2, 0.25) is 0 Å². The number of carbonyl (C=O) groups excluding carboxylic acids is 1. The lowest BCUT2D eigenvalue weighted by atomic mass is 10.0. The van der Waals surface area contributed by atoms with Gasteiger partial charge in [0.05, 0.1) is 6.26 Å². The molecule has 0 spiro atoms. The van der Waals surface area contributed by atoms with Gasteiger partial charge in [-0.2, -0.15) is 0 Å². The molecule has 0 aliphatic heterocycles. The monoisotopic (exact) mass is 332 g/mol. The van der Waals surface area contributed by atoms with Crippen LogP contribution in [0.5, 0.6) is 0 Å². The van der Waals surface area contributed by atoms with Crippen LogP contribution in [0.1, 0.15) is 28.8 Å². The fourth-order valence-corrected chi connectivity index (χ4v) is 2.74. The molecule has 0 fully saturated rings. The third-order valence-electron chi connectivity index (χ3n) is 3.37. The first-order valence-electron chi connectivity index (χ1n) is 7.26. The van der Waals surface area contributed by atoms with Gasteiger partial charge in [0, 0.05) is 17.8 Å². The summed E-state index contributed by atoms with van der Waals surface area (Å²) in [5, 5.41) is 2.87. The Balaban J connectivity index is 1.99. The molecule has 2 rings (SSSR count). The number of anilines is 1. The van der Waals surface area contributed by atoms with E-state index < -0.39 is 10.0 Å². The number of hydrogen-bond donors (Lipinski definition) is 2. The van der Waals surface area contributed by atoms with Gasteiger partial charge in [-0.15, -0.1) is 0 Å². The van der Waals surface area contributed by atoms with Crippen molar-refractivity contribution in [3.63, 3.8) is 0 Å². The first kappa shape index (κ1) is 17.0. The van der Waals surface area contributed by atoms with Gasteiger partial charge in [0.1, 0.15) is 0 Å². The Hall–Kier alpha value is -2.34. The number of sulfonamides is 1. The first-order valence-corrected chi connectivity index (χ1v) is 9.15. The van der Waals surface area contributed by atoms with Gasteiger partial charge in [0.2, 0.25) is 10.0 Å². The highest BCUT2D eigenvalue weighted by atomic mass is 32.2. The Morgan fingerprint density at radius 2 is 1.78 bits per heavy atom. The summed E-state index contributed by atoms with van der Waals surface area (Å²) in [4.78, 5) is 12.2. The lowest BCUT2D eigenvalue weighted by molar-refractivity contribution is 0.0951. The second kappa shape index (κ2) is 7.28. The predicted octanol–water partition coefficient (Wildman–Crippen LogP) is 2.59. The minimum atomic E-state index is -3.36. The lowest BCUT2D eigenvalue weighted by Crippen LogP contribution is -2.27. The average molecular weight is 332 g/mol. The summed E-state index contributed by atoms with van der Waals surface area (Å²) in [5.74, 6) is -0.0394. The van der Waals surface area contributed by atoms with E-state index in [4.69, 9.17) is 0 Å². The molecule has 0 aliphatic rings. The molecule has 2 aromatic carbocycles. The van der Waals surface area contributed by atoms with E-state index in [-0.39, 0.29) is 11.8 Å². The van der Waals surface area contributed by atoms with Crippen molar-refractivity contribution in [2.75, 3.05) is 17.5 Å². The van der Waals surface area contributed by atoms with Crippen LogP contribution in [0.3, 0.4) is 0 Å². The van der Waals surface area contributed by atoms with Crippen molar-refractivity contribution in [1.29, 1.82) is 0 Å². The summed E-state index contributed by atoms with van der Waals surface area (Å²) < 4.78 is 24.8. The van der Waals surface area contributed by atoms with Gasteiger partial charge in [-0.1, -0.05) is 43.3 Å². The van der Waals surface area contributed by atoms with Crippen molar-refractivity contribution < 1.29 is 13.2 Å². The molecule has 1 amide bonds. The maximum absolute atomic E-state index is 12.2. The molecule has 0 aromatic heterocycles. The van der Waals surface area contributed by atoms with E-state index >= 15 is 0 Å². The van der Waals surface area contributed by atoms with Crippen molar-refractivity contribution in [3.8, 4) is 0 Å². The Kier molecular flexibility index (Phi) is 5.39. The van der Waals surface area contributed by atoms with E-state index in [1.807, 2.05) is 37.3 Å². The standard InChI is InChI=1S/C17H20N2O3S/c1-13(14-7-4-3-5-8-14)12-18-17(20)15-9-6-10-16(11-15)19-23(2,21)22/h3-11,13,19H,12H2,1-2H3,(H,18,20)/t13-/m1/s1. The van der Waals surface area contributed by atoms with Gasteiger partial charge in [-0.25, -0.2) is 8.42 Å². The van der Waals surface area contributed by atoms with Crippen LogP contribution in [0, 0.1) is 0 Å². The zero-order valence-electron chi connectivity index (χ0n) is 13.1. The topological polar surface area (TPSA) is 75.3 Å². The first-order chi connectivity index (χ1) is 10.8. The molecule has 0 unspecified atom stereocenters. The van der Waals surface area contributed by atoms with Crippen molar-refractivity contribution in [2.45, 2.75) is 12.8 Å². The van der Waals surface area contributed by atoms with Gasteiger partial charge in [-0.3, -0.25) is 9.52 Å². The molecule has 0 saturated carbocycles. The normalized spacial score (nSPS) is 12.4.